The number of hydrogen-bond acceptors (Lipinski definition) is 3. The predicted octanol–water partition coefficient (Wildman–Crippen LogP) is 5.81. The van der Waals surface area contributed by atoms with Crippen LogP contribution >= 0.6 is 0 Å². The normalized spacial score (nSPS) is 12.9. The Bertz CT molecular complexity index is 1360. The molecule has 2 atom stereocenters. The number of nitrogens with zero attached hydrogens (tertiary/aromatic N) is 2. The monoisotopic (exact) mass is 461 g/mol. The molecule has 0 spiro atoms. The van der Waals surface area contributed by atoms with E-state index in [1.165, 1.54) is 18.2 Å². The van der Waals surface area contributed by atoms with Crippen molar-refractivity contribution in [2.45, 2.75) is 32.9 Å². The van der Waals surface area contributed by atoms with E-state index in [0.29, 0.717) is 22.4 Å². The molecule has 0 fully saturated rings. The van der Waals surface area contributed by atoms with E-state index in [1.807, 2.05) is 12.1 Å². The first kappa shape index (κ1) is 23.2. The molecule has 34 heavy (non-hydrogen) atoms. The molecule has 3 aromatic carbocycles. The smallest absolute Gasteiger partial charge is 0.246 e. The molecule has 1 amide bonds. The van der Waals surface area contributed by atoms with Crippen LogP contribution in [0.15, 0.2) is 79.0 Å². The number of halogens is 2. The van der Waals surface area contributed by atoms with E-state index in [9.17, 15) is 13.6 Å². The Kier molecular flexibility index (Phi) is 6.45. The van der Waals surface area contributed by atoms with Crippen LogP contribution in [0.2, 0.25) is 0 Å². The van der Waals surface area contributed by atoms with E-state index in [0.717, 1.165) is 16.6 Å². The van der Waals surface area contributed by atoms with Crippen molar-refractivity contribution in [3.05, 3.63) is 102 Å². The first-order valence-corrected chi connectivity index (χ1v) is 10.9. The molecule has 0 aliphatic rings. The maximum absolute atomic E-state index is 14.3. The van der Waals surface area contributed by atoms with Crippen LogP contribution in [0.3, 0.4) is 0 Å². The molecule has 5 nitrogen and oxygen atoms in total. The molecule has 7 heteroatoms. The van der Waals surface area contributed by atoms with Gasteiger partial charge in [0, 0.05) is 11.0 Å². The summed E-state index contributed by atoms with van der Waals surface area (Å²) in [5, 5.41) is 8.09. The maximum Gasteiger partial charge on any atom is 0.246 e. The van der Waals surface area contributed by atoms with Crippen LogP contribution in [-0.4, -0.2) is 21.7 Å². The van der Waals surface area contributed by atoms with E-state index in [-0.39, 0.29) is 17.5 Å². The van der Waals surface area contributed by atoms with Crippen molar-refractivity contribution in [3.63, 3.8) is 0 Å². The van der Waals surface area contributed by atoms with Gasteiger partial charge in [0.25, 0.3) is 0 Å². The van der Waals surface area contributed by atoms with Gasteiger partial charge < -0.3 is 10.1 Å². The van der Waals surface area contributed by atoms with Crippen molar-refractivity contribution in [3.8, 4) is 11.4 Å². The van der Waals surface area contributed by atoms with Crippen LogP contribution in [0.1, 0.15) is 31.1 Å². The van der Waals surface area contributed by atoms with Crippen LogP contribution in [-0.2, 0) is 4.79 Å². The zero-order chi connectivity index (χ0) is 24.4. The molecule has 0 aliphatic carbocycles. The van der Waals surface area contributed by atoms with Crippen molar-refractivity contribution in [1.29, 1.82) is 0 Å². The van der Waals surface area contributed by atoms with Gasteiger partial charge in [-0.2, -0.15) is 5.10 Å². The Hall–Kier alpha value is -4.00. The van der Waals surface area contributed by atoms with Gasteiger partial charge in [-0.15, -0.1) is 0 Å². The summed E-state index contributed by atoms with van der Waals surface area (Å²) in [6.45, 7) is 8.78. The molecule has 0 bridgehead atoms. The molecule has 0 unspecified atom stereocenters. The number of fused-ring (bicyclic) bond motifs is 1. The van der Waals surface area contributed by atoms with E-state index in [4.69, 9.17) is 4.74 Å². The molecule has 1 N–H and O–H groups in total. The summed E-state index contributed by atoms with van der Waals surface area (Å²) in [5.74, 6) is -0.429. The van der Waals surface area contributed by atoms with Crippen LogP contribution in [0.5, 0.6) is 5.75 Å². The number of amides is 1. The third-order valence-corrected chi connectivity index (χ3v) is 5.60. The van der Waals surface area contributed by atoms with Gasteiger partial charge in [0.05, 0.1) is 23.4 Å². The first-order valence-electron chi connectivity index (χ1n) is 10.9. The number of aromatic nitrogens is 2. The average molecular weight is 462 g/mol. The van der Waals surface area contributed by atoms with Gasteiger partial charge in [-0.3, -0.25) is 4.79 Å². The van der Waals surface area contributed by atoms with Crippen LogP contribution in [0, 0.1) is 18.6 Å². The predicted molar refractivity (Wildman–Crippen MR) is 128 cm³/mol. The Morgan fingerprint density at radius 3 is 2.50 bits per heavy atom. The lowest BCUT2D eigenvalue weighted by molar-refractivity contribution is -0.118. The number of nitrogens with one attached hydrogen (secondary N) is 1. The van der Waals surface area contributed by atoms with E-state index >= 15 is 0 Å². The largest absolute Gasteiger partial charge is 0.484 e. The summed E-state index contributed by atoms with van der Waals surface area (Å²) in [6.07, 6.45) is 1.04. The fourth-order valence-electron chi connectivity index (χ4n) is 3.67. The standard InChI is InChI=1S/C27H25F2N3O2/c1-16(2)27(33)31-18(4)26(19-6-5-17(3)24(29)14-19)34-23-11-12-25-20(13-23)15-30-32(25)22-9-7-21(28)8-10-22/h5-15,18,26H,1H2,2-4H3,(H,31,33)/t18-,26-/m0/s1. The number of ether oxygens (including phenoxy) is 1. The molecule has 0 radical (unpaired) electrons. The van der Waals surface area contributed by atoms with Crippen molar-refractivity contribution in [2.75, 3.05) is 0 Å². The number of hydrogen-bond donors (Lipinski definition) is 1. The Balaban J connectivity index is 1.66. The Labute approximate surface area is 196 Å². The molecular formula is C27H25F2N3O2. The van der Waals surface area contributed by atoms with Crippen molar-refractivity contribution in [2.24, 2.45) is 0 Å². The van der Waals surface area contributed by atoms with Gasteiger partial charge in [0.1, 0.15) is 23.5 Å². The molecular weight excluding hydrogens is 436 g/mol. The number of carbonyl (C=O) groups is 1. The topological polar surface area (TPSA) is 56.1 Å². The van der Waals surface area contributed by atoms with Gasteiger partial charge in [-0.25, -0.2) is 13.5 Å². The molecule has 0 saturated heterocycles. The minimum absolute atomic E-state index is 0.301. The highest BCUT2D eigenvalue weighted by molar-refractivity contribution is 5.92. The highest BCUT2D eigenvalue weighted by Gasteiger charge is 2.24. The van der Waals surface area contributed by atoms with Crippen LogP contribution < -0.4 is 10.1 Å². The molecule has 1 heterocycles. The average Bonchev–Trinajstić information content (AvgIpc) is 3.23. The lowest BCUT2D eigenvalue weighted by atomic mass is 10.0. The van der Waals surface area contributed by atoms with Gasteiger partial charge in [0.2, 0.25) is 5.91 Å². The third-order valence-electron chi connectivity index (χ3n) is 5.60. The SMILES string of the molecule is C=C(C)C(=O)N[C@@H](C)[C@H](Oc1ccc2c(cnn2-c2ccc(F)cc2)c1)c1ccc(C)c(F)c1. The second-order valence-electron chi connectivity index (χ2n) is 8.34. The summed E-state index contributed by atoms with van der Waals surface area (Å²) in [5.41, 5.74) is 3.04. The van der Waals surface area contributed by atoms with Gasteiger partial charge in [0.15, 0.2) is 0 Å². The van der Waals surface area contributed by atoms with Crippen molar-refractivity contribution in [1.82, 2.24) is 15.1 Å². The summed E-state index contributed by atoms with van der Waals surface area (Å²) >= 11 is 0. The summed E-state index contributed by atoms with van der Waals surface area (Å²) in [4.78, 5) is 12.2. The van der Waals surface area contributed by atoms with Crippen LogP contribution in [0.25, 0.3) is 16.6 Å². The Morgan fingerprint density at radius 2 is 1.82 bits per heavy atom. The van der Waals surface area contributed by atoms with E-state index in [2.05, 4.69) is 17.0 Å². The van der Waals surface area contributed by atoms with Gasteiger partial charge >= 0.3 is 0 Å². The van der Waals surface area contributed by atoms with Gasteiger partial charge in [-0.05, 0) is 80.4 Å². The Morgan fingerprint density at radius 1 is 1.09 bits per heavy atom. The summed E-state index contributed by atoms with van der Waals surface area (Å²) in [6, 6.07) is 16.0. The lowest BCUT2D eigenvalue weighted by Crippen LogP contribution is -2.39. The molecule has 1 aromatic heterocycles. The molecule has 0 aliphatic heterocycles. The molecule has 4 aromatic rings. The second-order valence-corrected chi connectivity index (χ2v) is 8.34. The highest BCUT2D eigenvalue weighted by atomic mass is 19.1. The lowest BCUT2D eigenvalue weighted by Gasteiger charge is -2.27. The summed E-state index contributed by atoms with van der Waals surface area (Å²) in [7, 11) is 0. The first-order chi connectivity index (χ1) is 16.2. The number of rotatable bonds is 7. The van der Waals surface area contributed by atoms with Crippen molar-refractivity contribution < 1.29 is 18.3 Å². The highest BCUT2D eigenvalue weighted by Crippen LogP contribution is 2.30. The fourth-order valence-corrected chi connectivity index (χ4v) is 3.67. The van der Waals surface area contributed by atoms with Crippen LogP contribution in [0.4, 0.5) is 8.78 Å². The zero-order valence-corrected chi connectivity index (χ0v) is 19.2. The maximum atomic E-state index is 14.3. The fraction of sp³-hybridized carbons (Fsp3) is 0.185. The molecule has 4 rings (SSSR count). The van der Waals surface area contributed by atoms with E-state index < -0.39 is 12.1 Å². The minimum Gasteiger partial charge on any atom is -0.484 e. The number of carbonyl (C=O) groups excluding carboxylic acids is 1. The molecule has 0 saturated carbocycles. The van der Waals surface area contributed by atoms with Gasteiger partial charge in [-0.1, -0.05) is 18.7 Å². The quantitative estimate of drug-likeness (QED) is 0.353. The third kappa shape index (κ3) is 4.83. The van der Waals surface area contributed by atoms with Crippen molar-refractivity contribution >= 4 is 16.8 Å². The minimum atomic E-state index is -0.650. The van der Waals surface area contributed by atoms with E-state index in [1.54, 1.807) is 62.0 Å². The number of benzene rings is 3. The summed E-state index contributed by atoms with van der Waals surface area (Å²) < 4.78 is 35.6. The second kappa shape index (κ2) is 9.47. The number of aryl methyl sites for hydroxylation is 1. The molecule has 174 valence electrons. The zero-order valence-electron chi connectivity index (χ0n) is 19.2.